The Morgan fingerprint density at radius 2 is 1.50 bits per heavy atom. The number of fused-ring (bicyclic) bond motifs is 1. The first kappa shape index (κ1) is 8.16. The summed E-state index contributed by atoms with van der Waals surface area (Å²) >= 11 is 0. The van der Waals surface area contributed by atoms with Gasteiger partial charge in [0.1, 0.15) is 0 Å². The molecule has 9 heteroatoms. The minimum absolute atomic E-state index is 0.0131. The van der Waals surface area contributed by atoms with Gasteiger partial charge in [0.05, 0.1) is 0 Å². The van der Waals surface area contributed by atoms with Crippen molar-refractivity contribution in [1.82, 2.24) is 19.3 Å². The van der Waals surface area contributed by atoms with Gasteiger partial charge in [0.15, 0.2) is 11.2 Å². The van der Waals surface area contributed by atoms with Gasteiger partial charge in [-0.05, 0) is 0 Å². The Morgan fingerprint density at radius 1 is 1.00 bits per heavy atom. The average molecular weight is 196 g/mol. The predicted molar refractivity (Wildman–Crippen MR) is 50.9 cm³/mol. The molecule has 0 saturated heterocycles. The van der Waals surface area contributed by atoms with Crippen molar-refractivity contribution in [3.63, 3.8) is 0 Å². The maximum absolute atomic E-state index is 11.5. The lowest BCUT2D eigenvalue weighted by molar-refractivity contribution is 0.916. The third-order valence-corrected chi connectivity index (χ3v) is 1.81. The van der Waals surface area contributed by atoms with Crippen molar-refractivity contribution in [3.05, 3.63) is 10.4 Å². The fourth-order valence-electron chi connectivity index (χ4n) is 1.09. The highest BCUT2D eigenvalue weighted by Gasteiger charge is 2.14. The van der Waals surface area contributed by atoms with Gasteiger partial charge in [-0.25, -0.2) is 4.68 Å². The van der Waals surface area contributed by atoms with Crippen LogP contribution >= 0.6 is 0 Å². The van der Waals surface area contributed by atoms with Gasteiger partial charge in [-0.15, -0.1) is 0 Å². The van der Waals surface area contributed by atoms with Gasteiger partial charge >= 0.3 is 5.56 Å². The summed E-state index contributed by atoms with van der Waals surface area (Å²) in [6.45, 7) is 0. The van der Waals surface area contributed by atoms with Crippen molar-refractivity contribution >= 4 is 23.1 Å². The van der Waals surface area contributed by atoms with Crippen LogP contribution in [0.2, 0.25) is 0 Å². The summed E-state index contributed by atoms with van der Waals surface area (Å²) in [5, 5.41) is 0. The molecule has 74 valence electrons. The molecule has 0 radical (unpaired) electrons. The Morgan fingerprint density at radius 3 is 2.07 bits per heavy atom. The number of hydrogen-bond acceptors (Lipinski definition) is 7. The summed E-state index contributed by atoms with van der Waals surface area (Å²) in [5.41, 5.74) is 10.2. The van der Waals surface area contributed by atoms with E-state index in [1.165, 1.54) is 0 Å². The maximum Gasteiger partial charge on any atom is 0.301 e. The number of anilines is 2. The number of nitrogens with zero attached hydrogens (tertiary/aromatic N) is 4. The van der Waals surface area contributed by atoms with Crippen LogP contribution in [0.1, 0.15) is 0 Å². The Labute approximate surface area is 76.9 Å². The van der Waals surface area contributed by atoms with Gasteiger partial charge < -0.3 is 23.2 Å². The van der Waals surface area contributed by atoms with E-state index in [4.69, 9.17) is 23.2 Å². The van der Waals surface area contributed by atoms with E-state index in [9.17, 15) is 4.79 Å². The molecule has 0 bridgehead atoms. The highest BCUT2D eigenvalue weighted by atomic mass is 16.1. The molecular formula is C5H8N8O. The first-order valence-corrected chi connectivity index (χ1v) is 3.59. The van der Waals surface area contributed by atoms with Crippen molar-refractivity contribution in [2.75, 3.05) is 23.2 Å². The molecule has 0 spiro atoms. The van der Waals surface area contributed by atoms with Crippen LogP contribution in [0.5, 0.6) is 0 Å². The van der Waals surface area contributed by atoms with Crippen molar-refractivity contribution in [1.29, 1.82) is 0 Å². The zero-order chi connectivity index (χ0) is 10.5. The Balaban J connectivity index is 3.07. The molecule has 0 aliphatic rings. The Bertz CT molecular complexity index is 565. The summed E-state index contributed by atoms with van der Waals surface area (Å²) in [6.07, 6.45) is 0. The van der Waals surface area contributed by atoms with E-state index in [2.05, 4.69) is 9.97 Å². The van der Waals surface area contributed by atoms with E-state index in [0.29, 0.717) is 4.68 Å². The van der Waals surface area contributed by atoms with E-state index in [1.54, 1.807) is 0 Å². The molecule has 0 aliphatic heterocycles. The largest absolute Gasteiger partial charge is 0.368 e. The second kappa shape index (κ2) is 2.28. The molecule has 2 aromatic heterocycles. The second-order valence-corrected chi connectivity index (χ2v) is 2.66. The van der Waals surface area contributed by atoms with E-state index in [1.807, 2.05) is 0 Å². The normalized spacial score (nSPS) is 10.9. The van der Waals surface area contributed by atoms with E-state index in [0.717, 1.165) is 4.68 Å². The van der Waals surface area contributed by atoms with Crippen molar-refractivity contribution in [3.8, 4) is 0 Å². The summed E-state index contributed by atoms with van der Waals surface area (Å²) in [4.78, 5) is 19.0. The summed E-state index contributed by atoms with van der Waals surface area (Å²) < 4.78 is 1.58. The first-order chi connectivity index (χ1) is 6.52. The highest BCUT2D eigenvalue weighted by molar-refractivity contribution is 5.74. The van der Waals surface area contributed by atoms with Crippen LogP contribution in [0.3, 0.4) is 0 Å². The molecule has 0 unspecified atom stereocenters. The molecule has 14 heavy (non-hydrogen) atoms. The maximum atomic E-state index is 11.5. The van der Waals surface area contributed by atoms with Crippen molar-refractivity contribution in [2.45, 2.75) is 0 Å². The first-order valence-electron chi connectivity index (χ1n) is 3.59. The van der Waals surface area contributed by atoms with Gasteiger partial charge in [-0.1, -0.05) is 0 Å². The quantitative estimate of drug-likeness (QED) is 0.331. The van der Waals surface area contributed by atoms with E-state index < -0.39 is 5.56 Å². The van der Waals surface area contributed by atoms with E-state index in [-0.39, 0.29) is 23.1 Å². The lowest BCUT2D eigenvalue weighted by Crippen LogP contribution is -2.32. The smallest absolute Gasteiger partial charge is 0.301 e. The van der Waals surface area contributed by atoms with Crippen LogP contribution in [-0.2, 0) is 0 Å². The van der Waals surface area contributed by atoms with Gasteiger partial charge in [-0.3, -0.25) is 4.79 Å². The van der Waals surface area contributed by atoms with Crippen molar-refractivity contribution < 1.29 is 0 Å². The van der Waals surface area contributed by atoms with Gasteiger partial charge in [0.2, 0.25) is 11.9 Å². The van der Waals surface area contributed by atoms with Crippen LogP contribution in [0.15, 0.2) is 4.79 Å². The number of rotatable bonds is 0. The van der Waals surface area contributed by atoms with Crippen LogP contribution in [0.25, 0.3) is 11.2 Å². The standard InChI is InChI=1S/C5H8N8O/c6-4-10-2-1(12(4)8)3(14)13(9)5(7)11-2/h8-9H2,(H2,6,10)(H2,7,11). The van der Waals surface area contributed by atoms with Gasteiger partial charge in [0, 0.05) is 0 Å². The molecule has 0 aromatic carbocycles. The monoisotopic (exact) mass is 196 g/mol. The molecule has 2 rings (SSSR count). The van der Waals surface area contributed by atoms with Crippen LogP contribution in [-0.4, -0.2) is 19.3 Å². The SMILES string of the molecule is Nc1nc2nc(N)n(N)c2c(=O)n1N. The lowest BCUT2D eigenvalue weighted by atomic mass is 10.5. The fraction of sp³-hybridized carbons (Fsp3) is 0. The Hall–Kier alpha value is -2.45. The zero-order valence-corrected chi connectivity index (χ0v) is 7.01. The van der Waals surface area contributed by atoms with Crippen LogP contribution in [0, 0.1) is 0 Å². The zero-order valence-electron chi connectivity index (χ0n) is 7.01. The molecule has 0 amide bonds. The summed E-state index contributed by atoms with van der Waals surface area (Å²) in [7, 11) is 0. The third-order valence-electron chi connectivity index (χ3n) is 1.81. The van der Waals surface area contributed by atoms with Crippen LogP contribution < -0.4 is 28.7 Å². The number of imidazole rings is 1. The molecule has 9 nitrogen and oxygen atoms in total. The number of nitrogen functional groups attached to an aromatic ring is 4. The predicted octanol–water partition coefficient (Wildman–Crippen LogP) is -2.82. The molecule has 0 fully saturated rings. The minimum atomic E-state index is -0.598. The van der Waals surface area contributed by atoms with Crippen LogP contribution in [0.4, 0.5) is 11.9 Å². The number of aromatic nitrogens is 4. The van der Waals surface area contributed by atoms with E-state index >= 15 is 0 Å². The van der Waals surface area contributed by atoms with Gasteiger partial charge in [0.25, 0.3) is 0 Å². The molecule has 0 saturated carbocycles. The summed E-state index contributed by atoms with van der Waals surface area (Å²) in [6, 6.07) is 0. The Kier molecular flexibility index (Phi) is 1.33. The lowest BCUT2D eigenvalue weighted by Gasteiger charge is -2.01. The third kappa shape index (κ3) is 0.800. The molecule has 2 heterocycles. The summed E-state index contributed by atoms with van der Waals surface area (Å²) in [5.74, 6) is 10.6. The average Bonchev–Trinajstić information content (AvgIpc) is 2.39. The fourth-order valence-corrected chi connectivity index (χ4v) is 1.09. The highest BCUT2D eigenvalue weighted by Crippen LogP contribution is 2.08. The molecule has 0 atom stereocenters. The number of hydrogen-bond donors (Lipinski definition) is 4. The molecule has 0 aliphatic carbocycles. The van der Waals surface area contributed by atoms with Gasteiger partial charge in [-0.2, -0.15) is 14.6 Å². The second-order valence-electron chi connectivity index (χ2n) is 2.66. The molecule has 8 N–H and O–H groups in total. The number of nitrogens with two attached hydrogens (primary N) is 4. The molecular weight excluding hydrogens is 188 g/mol. The topological polar surface area (TPSA) is 157 Å². The van der Waals surface area contributed by atoms with Crippen molar-refractivity contribution in [2.24, 2.45) is 0 Å². The molecule has 2 aromatic rings. The minimum Gasteiger partial charge on any atom is -0.368 e.